The average molecular weight is 540 g/mol. The van der Waals surface area contributed by atoms with Crippen LogP contribution in [0.2, 0.25) is 0 Å². The Morgan fingerprint density at radius 2 is 2.03 bits per heavy atom. The van der Waals surface area contributed by atoms with Crippen molar-refractivity contribution < 1.29 is 4.74 Å². The van der Waals surface area contributed by atoms with Gasteiger partial charge in [0.25, 0.3) is 0 Å². The molecule has 0 amide bonds. The van der Waals surface area contributed by atoms with E-state index < -0.39 is 0 Å². The number of benzene rings is 1. The second kappa shape index (κ2) is 12.5. The second-order valence-corrected chi connectivity index (χ2v) is 7.83. The van der Waals surface area contributed by atoms with Gasteiger partial charge in [-0.2, -0.15) is 5.10 Å². The standard InChI is InChI=1S/C21H28N6OS.HI/c1-4-22-21(23-13-15(2)12-18-6-5-11-29-18)24-14-19-25-20(27-26-19)16-7-9-17(28-3)10-8-16;/h5-11,15H,4,12-14H2,1-3H3,(H2,22,23,24)(H,25,26,27);1H. The zero-order valence-electron chi connectivity index (χ0n) is 17.5. The van der Waals surface area contributed by atoms with Crippen LogP contribution in [0.15, 0.2) is 46.8 Å². The van der Waals surface area contributed by atoms with Gasteiger partial charge in [-0.05, 0) is 55.0 Å². The molecule has 30 heavy (non-hydrogen) atoms. The SMILES string of the molecule is CCNC(=NCc1nc(-c2ccc(OC)cc2)n[nH]1)NCC(C)Cc1cccs1.I. The molecule has 0 fully saturated rings. The first kappa shape index (κ1) is 24.1. The van der Waals surface area contributed by atoms with Crippen LogP contribution < -0.4 is 15.4 Å². The number of rotatable bonds is 9. The highest BCUT2D eigenvalue weighted by Crippen LogP contribution is 2.19. The second-order valence-electron chi connectivity index (χ2n) is 6.80. The van der Waals surface area contributed by atoms with Gasteiger partial charge in [0.1, 0.15) is 18.1 Å². The van der Waals surface area contributed by atoms with Crippen LogP contribution in [-0.2, 0) is 13.0 Å². The van der Waals surface area contributed by atoms with Gasteiger partial charge in [0.05, 0.1) is 7.11 Å². The first-order valence-corrected chi connectivity index (χ1v) is 10.7. The van der Waals surface area contributed by atoms with E-state index in [1.165, 1.54) is 4.88 Å². The molecular formula is C21H29IN6OS. The molecule has 0 bridgehead atoms. The Bertz CT molecular complexity index is 895. The lowest BCUT2D eigenvalue weighted by Gasteiger charge is -2.15. The van der Waals surface area contributed by atoms with E-state index in [1.54, 1.807) is 18.4 Å². The van der Waals surface area contributed by atoms with Crippen LogP contribution in [0.5, 0.6) is 5.75 Å². The van der Waals surface area contributed by atoms with Crippen molar-refractivity contribution in [2.75, 3.05) is 20.2 Å². The van der Waals surface area contributed by atoms with Crippen molar-refractivity contribution in [3.63, 3.8) is 0 Å². The van der Waals surface area contributed by atoms with Crippen molar-refractivity contribution in [3.05, 3.63) is 52.5 Å². The number of nitrogens with one attached hydrogen (secondary N) is 3. The van der Waals surface area contributed by atoms with Crippen LogP contribution >= 0.6 is 35.3 Å². The third-order valence-corrected chi connectivity index (χ3v) is 5.26. The minimum Gasteiger partial charge on any atom is -0.497 e. The molecule has 162 valence electrons. The number of thiophene rings is 1. The molecule has 0 aliphatic heterocycles. The molecule has 9 heteroatoms. The molecule has 3 aromatic rings. The predicted molar refractivity (Wildman–Crippen MR) is 134 cm³/mol. The molecule has 0 saturated heterocycles. The highest BCUT2D eigenvalue weighted by atomic mass is 127. The molecule has 0 aliphatic rings. The number of aromatic amines is 1. The summed E-state index contributed by atoms with van der Waals surface area (Å²) in [4.78, 5) is 10.6. The number of H-pyrrole nitrogens is 1. The topological polar surface area (TPSA) is 87.2 Å². The van der Waals surface area contributed by atoms with E-state index in [0.29, 0.717) is 18.3 Å². The Hall–Kier alpha value is -2.14. The summed E-state index contributed by atoms with van der Waals surface area (Å²) >= 11 is 1.81. The van der Waals surface area contributed by atoms with Crippen molar-refractivity contribution in [3.8, 4) is 17.1 Å². The third kappa shape index (κ3) is 7.28. The fourth-order valence-electron chi connectivity index (χ4n) is 2.85. The quantitative estimate of drug-likeness (QED) is 0.216. The molecule has 7 nitrogen and oxygen atoms in total. The molecule has 0 spiro atoms. The Balaban J connectivity index is 0.00000320. The number of ether oxygens (including phenoxy) is 1. The van der Waals surface area contributed by atoms with Crippen molar-refractivity contribution in [2.45, 2.75) is 26.8 Å². The van der Waals surface area contributed by atoms with Gasteiger partial charge in [-0.3, -0.25) is 5.10 Å². The number of guanidine groups is 1. The van der Waals surface area contributed by atoms with E-state index in [4.69, 9.17) is 4.74 Å². The first-order chi connectivity index (χ1) is 14.2. The lowest BCUT2D eigenvalue weighted by molar-refractivity contribution is 0.415. The molecule has 3 rings (SSSR count). The summed E-state index contributed by atoms with van der Waals surface area (Å²) in [6, 6.07) is 12.0. The van der Waals surface area contributed by atoms with Gasteiger partial charge in [-0.25, -0.2) is 9.98 Å². The largest absolute Gasteiger partial charge is 0.497 e. The van der Waals surface area contributed by atoms with Gasteiger partial charge < -0.3 is 15.4 Å². The van der Waals surface area contributed by atoms with Gasteiger partial charge >= 0.3 is 0 Å². The molecule has 1 aromatic carbocycles. The van der Waals surface area contributed by atoms with Gasteiger partial charge in [-0.1, -0.05) is 13.0 Å². The monoisotopic (exact) mass is 540 g/mol. The number of aliphatic imine (C=N–C) groups is 1. The van der Waals surface area contributed by atoms with Crippen LogP contribution in [0.25, 0.3) is 11.4 Å². The van der Waals surface area contributed by atoms with Crippen molar-refractivity contribution in [2.24, 2.45) is 10.9 Å². The van der Waals surface area contributed by atoms with Gasteiger partial charge in [0, 0.05) is 23.5 Å². The van der Waals surface area contributed by atoms with E-state index >= 15 is 0 Å². The molecular weight excluding hydrogens is 511 g/mol. The Morgan fingerprint density at radius 3 is 2.70 bits per heavy atom. The summed E-state index contributed by atoms with van der Waals surface area (Å²) in [5.74, 6) is 3.49. The molecule has 3 N–H and O–H groups in total. The summed E-state index contributed by atoms with van der Waals surface area (Å²) in [6.45, 7) is 6.39. The highest BCUT2D eigenvalue weighted by Gasteiger charge is 2.08. The molecule has 1 atom stereocenters. The number of halogens is 1. The number of nitrogens with zero attached hydrogens (tertiary/aromatic N) is 3. The van der Waals surface area contributed by atoms with E-state index in [2.05, 4.69) is 62.2 Å². The smallest absolute Gasteiger partial charge is 0.191 e. The Kier molecular flexibility index (Phi) is 10.1. The van der Waals surface area contributed by atoms with Gasteiger partial charge in [0.2, 0.25) is 0 Å². The first-order valence-electron chi connectivity index (χ1n) is 9.78. The van der Waals surface area contributed by atoms with E-state index in [1.807, 2.05) is 24.3 Å². The van der Waals surface area contributed by atoms with E-state index in [0.717, 1.165) is 42.6 Å². The summed E-state index contributed by atoms with van der Waals surface area (Å²) in [6.07, 6.45) is 1.07. The number of aromatic nitrogens is 3. The van der Waals surface area contributed by atoms with Crippen molar-refractivity contribution in [1.29, 1.82) is 0 Å². The zero-order valence-corrected chi connectivity index (χ0v) is 20.7. The van der Waals surface area contributed by atoms with Crippen LogP contribution in [0.3, 0.4) is 0 Å². The lowest BCUT2D eigenvalue weighted by Crippen LogP contribution is -2.39. The fourth-order valence-corrected chi connectivity index (χ4v) is 3.72. The molecule has 0 aliphatic carbocycles. The molecule has 0 radical (unpaired) electrons. The fraction of sp³-hybridized carbons (Fsp3) is 0.381. The minimum absolute atomic E-state index is 0. The minimum atomic E-state index is 0. The van der Waals surface area contributed by atoms with Crippen LogP contribution in [0, 0.1) is 5.92 Å². The number of methoxy groups -OCH3 is 1. The van der Waals surface area contributed by atoms with E-state index in [-0.39, 0.29) is 24.0 Å². The van der Waals surface area contributed by atoms with Crippen molar-refractivity contribution >= 4 is 41.3 Å². The summed E-state index contributed by atoms with van der Waals surface area (Å²) in [7, 11) is 1.65. The Labute approximate surface area is 198 Å². The maximum absolute atomic E-state index is 5.19. The van der Waals surface area contributed by atoms with Crippen LogP contribution in [0.1, 0.15) is 24.5 Å². The zero-order chi connectivity index (χ0) is 20.5. The average Bonchev–Trinajstić information content (AvgIpc) is 3.42. The van der Waals surface area contributed by atoms with Crippen molar-refractivity contribution in [1.82, 2.24) is 25.8 Å². The normalized spacial score (nSPS) is 12.2. The molecule has 2 heterocycles. The van der Waals surface area contributed by atoms with Crippen LogP contribution in [0.4, 0.5) is 0 Å². The van der Waals surface area contributed by atoms with Gasteiger partial charge in [0.15, 0.2) is 11.8 Å². The number of hydrogen-bond acceptors (Lipinski definition) is 5. The summed E-state index contributed by atoms with van der Waals surface area (Å²) in [5.41, 5.74) is 0.935. The number of hydrogen-bond donors (Lipinski definition) is 3. The highest BCUT2D eigenvalue weighted by molar-refractivity contribution is 14.0. The maximum Gasteiger partial charge on any atom is 0.191 e. The van der Waals surface area contributed by atoms with Crippen LogP contribution in [-0.4, -0.2) is 41.3 Å². The predicted octanol–water partition coefficient (Wildman–Crippen LogP) is 4.09. The molecule has 2 aromatic heterocycles. The summed E-state index contributed by atoms with van der Waals surface area (Å²) < 4.78 is 5.19. The van der Waals surface area contributed by atoms with Gasteiger partial charge in [-0.15, -0.1) is 35.3 Å². The molecule has 0 saturated carbocycles. The maximum atomic E-state index is 5.19. The summed E-state index contributed by atoms with van der Waals surface area (Å²) in [5, 5.41) is 16.1. The third-order valence-electron chi connectivity index (χ3n) is 4.36. The lowest BCUT2D eigenvalue weighted by atomic mass is 10.1. The van der Waals surface area contributed by atoms with E-state index in [9.17, 15) is 0 Å². The Morgan fingerprint density at radius 1 is 1.23 bits per heavy atom. The molecule has 1 unspecified atom stereocenters.